The second-order valence-electron chi connectivity index (χ2n) is 3.88. The number of rotatable bonds is 2. The number of carbonyl (C=O) groups is 1. The molecule has 0 unspecified atom stereocenters. The number of nitrogens with zero attached hydrogens (tertiary/aromatic N) is 1. The van der Waals surface area contributed by atoms with Crippen LogP contribution in [0.4, 0.5) is 0 Å². The van der Waals surface area contributed by atoms with Crippen LogP contribution in [0.25, 0.3) is 0 Å². The van der Waals surface area contributed by atoms with Crippen LogP contribution in [0.2, 0.25) is 0 Å². The molecule has 0 amide bonds. The van der Waals surface area contributed by atoms with Crippen molar-refractivity contribution in [1.82, 2.24) is 0 Å². The van der Waals surface area contributed by atoms with Crippen molar-refractivity contribution in [2.24, 2.45) is 5.16 Å². The maximum Gasteiger partial charge on any atom is 0.195 e. The van der Waals surface area contributed by atoms with Crippen LogP contribution in [-0.4, -0.2) is 16.7 Å². The summed E-state index contributed by atoms with van der Waals surface area (Å²) in [4.78, 5) is 12.3. The Morgan fingerprint density at radius 1 is 1.24 bits per heavy atom. The largest absolute Gasteiger partial charge is 0.411 e. The lowest BCUT2D eigenvalue weighted by atomic mass is 9.91. The zero-order valence-corrected chi connectivity index (χ0v) is 10.8. The van der Waals surface area contributed by atoms with Crippen LogP contribution in [0.3, 0.4) is 0 Å². The first-order valence-electron chi connectivity index (χ1n) is 5.43. The third-order valence-corrected chi connectivity index (χ3v) is 3.55. The summed E-state index contributed by atoms with van der Waals surface area (Å²) >= 11 is 3.40. The molecular weight excluding hydrogens is 282 g/mol. The first-order chi connectivity index (χ1) is 8.24. The maximum absolute atomic E-state index is 12.3. The summed E-state index contributed by atoms with van der Waals surface area (Å²) in [5, 5.41) is 12.2. The summed E-state index contributed by atoms with van der Waals surface area (Å²) in [6, 6.07) is 9.03. The van der Waals surface area contributed by atoms with Crippen LogP contribution in [0, 0.1) is 0 Å². The van der Waals surface area contributed by atoms with Gasteiger partial charge in [0, 0.05) is 10.0 Å². The second kappa shape index (κ2) is 5.27. The van der Waals surface area contributed by atoms with E-state index in [2.05, 4.69) is 21.1 Å². The minimum Gasteiger partial charge on any atom is -0.411 e. The van der Waals surface area contributed by atoms with E-state index in [0.717, 1.165) is 17.3 Å². The average molecular weight is 294 g/mol. The van der Waals surface area contributed by atoms with Gasteiger partial charge in [-0.25, -0.2) is 0 Å². The van der Waals surface area contributed by atoms with E-state index < -0.39 is 0 Å². The number of hydrogen-bond donors (Lipinski definition) is 1. The molecule has 1 aromatic rings. The van der Waals surface area contributed by atoms with E-state index in [4.69, 9.17) is 5.21 Å². The number of Topliss-reactive ketones (excluding diaryl/α,β-unsaturated/α-hetero) is 1. The Labute approximate surface area is 108 Å². The van der Waals surface area contributed by atoms with Gasteiger partial charge in [-0.1, -0.05) is 51.4 Å². The highest BCUT2D eigenvalue weighted by Gasteiger charge is 2.24. The highest BCUT2D eigenvalue weighted by atomic mass is 79.9. The van der Waals surface area contributed by atoms with Crippen LogP contribution < -0.4 is 0 Å². The molecule has 0 heterocycles. The van der Waals surface area contributed by atoms with Crippen LogP contribution in [-0.2, 0) is 0 Å². The number of ketones is 1. The van der Waals surface area contributed by atoms with Gasteiger partial charge in [0.15, 0.2) is 5.78 Å². The Morgan fingerprint density at radius 3 is 2.59 bits per heavy atom. The molecule has 0 radical (unpaired) electrons. The smallest absolute Gasteiger partial charge is 0.195 e. The molecule has 0 aliphatic heterocycles. The summed E-state index contributed by atoms with van der Waals surface area (Å²) in [6.07, 6.45) is 2.35. The third-order valence-electron chi connectivity index (χ3n) is 2.75. The molecule has 0 saturated carbocycles. The van der Waals surface area contributed by atoms with Gasteiger partial charge >= 0.3 is 0 Å². The Hall–Kier alpha value is -1.42. The van der Waals surface area contributed by atoms with Gasteiger partial charge in [0.2, 0.25) is 0 Å². The average Bonchev–Trinajstić information content (AvgIpc) is 2.38. The number of carbonyl (C=O) groups excluding carboxylic acids is 1. The first kappa shape index (κ1) is 12.0. The molecule has 4 heteroatoms. The number of hydrogen-bond acceptors (Lipinski definition) is 3. The fraction of sp³-hybridized carbons (Fsp3) is 0.231. The minimum atomic E-state index is -0.0926. The summed E-state index contributed by atoms with van der Waals surface area (Å²) in [5.41, 5.74) is 1.59. The van der Waals surface area contributed by atoms with Crippen molar-refractivity contribution in [2.45, 2.75) is 19.3 Å². The van der Waals surface area contributed by atoms with E-state index in [9.17, 15) is 4.79 Å². The zero-order chi connectivity index (χ0) is 12.3. The van der Waals surface area contributed by atoms with E-state index in [1.54, 1.807) is 12.1 Å². The normalized spacial score (nSPS) is 18.5. The Morgan fingerprint density at radius 2 is 1.94 bits per heavy atom. The Kier molecular flexibility index (Phi) is 3.74. The zero-order valence-electron chi connectivity index (χ0n) is 9.19. The monoisotopic (exact) mass is 293 g/mol. The molecule has 1 aliphatic rings. The summed E-state index contributed by atoms with van der Waals surface area (Å²) in [7, 11) is 0. The number of oxime groups is 1. The van der Waals surface area contributed by atoms with Gasteiger partial charge in [-0.15, -0.1) is 0 Å². The fourth-order valence-electron chi connectivity index (χ4n) is 1.91. The van der Waals surface area contributed by atoms with Crippen LogP contribution in [0.1, 0.15) is 29.6 Å². The Bertz CT molecular complexity index is 491. The van der Waals surface area contributed by atoms with E-state index in [-0.39, 0.29) is 5.78 Å². The van der Waals surface area contributed by atoms with Crippen molar-refractivity contribution in [3.05, 3.63) is 46.0 Å². The molecular formula is C13H12BrNO2. The molecule has 17 heavy (non-hydrogen) atoms. The molecule has 0 bridgehead atoms. The lowest BCUT2D eigenvalue weighted by Crippen LogP contribution is -2.18. The van der Waals surface area contributed by atoms with Crippen LogP contribution >= 0.6 is 15.9 Å². The third kappa shape index (κ3) is 2.47. The van der Waals surface area contributed by atoms with Crippen molar-refractivity contribution in [3.63, 3.8) is 0 Å². The van der Waals surface area contributed by atoms with Gasteiger partial charge < -0.3 is 5.21 Å². The summed E-state index contributed by atoms with van der Waals surface area (Å²) < 4.78 is 0.824. The molecule has 1 aromatic carbocycles. The number of halogens is 1. The maximum atomic E-state index is 12.3. The lowest BCUT2D eigenvalue weighted by Gasteiger charge is -2.16. The molecule has 2 rings (SSSR count). The fourth-order valence-corrected chi connectivity index (χ4v) is 2.59. The minimum absolute atomic E-state index is 0.0926. The topological polar surface area (TPSA) is 49.7 Å². The SMILES string of the molecule is O=C(C1=C(Br)CCC/C1=N\O)c1ccccc1. The van der Waals surface area contributed by atoms with Gasteiger partial charge in [-0.2, -0.15) is 0 Å². The second-order valence-corrected chi connectivity index (χ2v) is 4.83. The standard InChI is InChI=1S/C13H12BrNO2/c14-10-7-4-8-11(15-17)12(10)13(16)9-5-2-1-3-6-9/h1-3,5-6,17H,4,7-8H2/b15-11+. The van der Waals surface area contributed by atoms with Crippen LogP contribution in [0.5, 0.6) is 0 Å². The van der Waals surface area contributed by atoms with E-state index in [1.807, 2.05) is 18.2 Å². The van der Waals surface area contributed by atoms with Crippen molar-refractivity contribution in [2.75, 3.05) is 0 Å². The molecule has 1 aliphatic carbocycles. The van der Waals surface area contributed by atoms with E-state index in [0.29, 0.717) is 23.3 Å². The molecule has 88 valence electrons. The molecule has 0 aromatic heterocycles. The van der Waals surface area contributed by atoms with Gasteiger partial charge in [-0.05, 0) is 19.3 Å². The Balaban J connectivity index is 2.42. The molecule has 0 atom stereocenters. The van der Waals surface area contributed by atoms with Crippen molar-refractivity contribution >= 4 is 27.4 Å². The van der Waals surface area contributed by atoms with Gasteiger partial charge in [0.1, 0.15) is 0 Å². The summed E-state index contributed by atoms with van der Waals surface area (Å²) in [5.74, 6) is -0.0926. The van der Waals surface area contributed by atoms with E-state index in [1.165, 1.54) is 0 Å². The van der Waals surface area contributed by atoms with Crippen molar-refractivity contribution in [3.8, 4) is 0 Å². The molecule has 1 N–H and O–H groups in total. The number of allylic oxidation sites excluding steroid dienone is 2. The highest BCUT2D eigenvalue weighted by molar-refractivity contribution is 9.11. The lowest BCUT2D eigenvalue weighted by molar-refractivity contribution is 0.103. The van der Waals surface area contributed by atoms with Crippen LogP contribution in [0.15, 0.2) is 45.5 Å². The van der Waals surface area contributed by atoms with Gasteiger partial charge in [0.25, 0.3) is 0 Å². The molecule has 0 fully saturated rings. The van der Waals surface area contributed by atoms with Crippen molar-refractivity contribution < 1.29 is 10.0 Å². The quantitative estimate of drug-likeness (QED) is 0.515. The van der Waals surface area contributed by atoms with Crippen molar-refractivity contribution in [1.29, 1.82) is 0 Å². The molecule has 0 saturated heterocycles. The molecule has 3 nitrogen and oxygen atoms in total. The predicted octanol–water partition coefficient (Wildman–Crippen LogP) is 3.53. The van der Waals surface area contributed by atoms with Gasteiger partial charge in [0.05, 0.1) is 11.3 Å². The predicted molar refractivity (Wildman–Crippen MR) is 69.8 cm³/mol. The van der Waals surface area contributed by atoms with Gasteiger partial charge in [-0.3, -0.25) is 4.79 Å². The first-order valence-corrected chi connectivity index (χ1v) is 6.23. The van der Waals surface area contributed by atoms with E-state index >= 15 is 0 Å². The summed E-state index contributed by atoms with van der Waals surface area (Å²) in [6.45, 7) is 0. The number of benzene rings is 1. The highest BCUT2D eigenvalue weighted by Crippen LogP contribution is 2.29. The molecule has 0 spiro atoms.